The van der Waals surface area contributed by atoms with Crippen molar-refractivity contribution in [1.29, 1.82) is 0 Å². The normalized spacial score (nSPS) is 34.3. The van der Waals surface area contributed by atoms with Crippen LogP contribution >= 0.6 is 10.0 Å². The summed E-state index contributed by atoms with van der Waals surface area (Å²) in [6.45, 7) is 3.19. The lowest BCUT2D eigenvalue weighted by molar-refractivity contribution is 0.0154. The Morgan fingerprint density at radius 3 is 2.83 bits per heavy atom. The molecule has 1 fully saturated rings. The fourth-order valence-corrected chi connectivity index (χ4v) is 8.29. The van der Waals surface area contributed by atoms with Crippen LogP contribution in [0, 0.1) is 5.92 Å². The molecule has 0 saturated carbocycles. The second-order valence-electron chi connectivity index (χ2n) is 7.59. The van der Waals surface area contributed by atoms with Crippen LogP contribution in [0.1, 0.15) is 51.9 Å². The molecular weight excluding hydrogens is 300 g/mol. The zero-order valence-electron chi connectivity index (χ0n) is 15.0. The van der Waals surface area contributed by atoms with E-state index in [0.29, 0.717) is 17.3 Å². The number of hydrogen-bond donors (Lipinski definition) is 0. The van der Waals surface area contributed by atoms with Crippen molar-refractivity contribution < 1.29 is 4.74 Å². The van der Waals surface area contributed by atoms with Crippen LogP contribution in [0.15, 0.2) is 36.0 Å². The van der Waals surface area contributed by atoms with E-state index < -0.39 is 10.0 Å². The number of fused-ring (bicyclic) bond motifs is 1. The standard InChI is InChI=1S/C21H34OS/c1-3-4-15-22-20-13-7-8-14-21(23(2)16-9-10-17-23)19-12-6-5-11-18(19)20/h5-6,8,12,14,18,20-21H,3-4,7,9-11,13,15-17H2,1-2H3. The van der Waals surface area contributed by atoms with E-state index in [1.54, 1.807) is 5.57 Å². The van der Waals surface area contributed by atoms with E-state index in [0.717, 1.165) is 6.61 Å². The molecule has 1 aliphatic heterocycles. The lowest BCUT2D eigenvalue weighted by atomic mass is 9.81. The van der Waals surface area contributed by atoms with Gasteiger partial charge in [-0.05, 0) is 61.9 Å². The molecule has 0 radical (unpaired) electrons. The highest BCUT2D eigenvalue weighted by atomic mass is 32.3. The summed E-state index contributed by atoms with van der Waals surface area (Å²) in [5.41, 5.74) is 1.70. The number of ether oxygens (including phenoxy) is 1. The molecule has 3 rings (SSSR count). The number of unbranched alkanes of at least 4 members (excludes halogenated alkanes) is 1. The fraction of sp³-hybridized carbons (Fsp3) is 0.714. The van der Waals surface area contributed by atoms with Crippen molar-refractivity contribution in [2.75, 3.05) is 24.4 Å². The average Bonchev–Trinajstić information content (AvgIpc) is 2.98. The minimum atomic E-state index is -0.509. The predicted molar refractivity (Wildman–Crippen MR) is 105 cm³/mol. The maximum atomic E-state index is 6.37. The van der Waals surface area contributed by atoms with Crippen molar-refractivity contribution in [3.63, 3.8) is 0 Å². The van der Waals surface area contributed by atoms with Gasteiger partial charge in [-0.25, -0.2) is 10.0 Å². The Morgan fingerprint density at radius 1 is 1.22 bits per heavy atom. The van der Waals surface area contributed by atoms with E-state index in [1.807, 2.05) is 0 Å². The Morgan fingerprint density at radius 2 is 2.04 bits per heavy atom. The number of allylic oxidation sites excluding steroid dienone is 4. The first-order valence-electron chi connectivity index (χ1n) is 9.62. The first kappa shape index (κ1) is 17.4. The molecule has 2 heteroatoms. The van der Waals surface area contributed by atoms with Gasteiger partial charge in [0.05, 0.1) is 6.10 Å². The van der Waals surface area contributed by atoms with E-state index in [4.69, 9.17) is 4.74 Å². The third kappa shape index (κ3) is 3.96. The molecule has 0 amide bonds. The second-order valence-corrected chi connectivity index (χ2v) is 11.6. The maximum Gasteiger partial charge on any atom is 0.0646 e. The van der Waals surface area contributed by atoms with Gasteiger partial charge in [-0.15, -0.1) is 0 Å². The molecule has 3 aliphatic rings. The molecule has 2 aliphatic carbocycles. The van der Waals surface area contributed by atoms with E-state index in [2.05, 4.69) is 43.6 Å². The molecule has 0 bridgehead atoms. The van der Waals surface area contributed by atoms with Crippen molar-refractivity contribution in [3.05, 3.63) is 36.0 Å². The van der Waals surface area contributed by atoms with Crippen molar-refractivity contribution in [2.45, 2.75) is 63.2 Å². The molecule has 1 saturated heterocycles. The summed E-state index contributed by atoms with van der Waals surface area (Å²) >= 11 is 0. The first-order chi connectivity index (χ1) is 11.2. The molecular formula is C21H34OS. The zero-order valence-corrected chi connectivity index (χ0v) is 15.8. The predicted octanol–water partition coefficient (Wildman–Crippen LogP) is 5.62. The van der Waals surface area contributed by atoms with E-state index >= 15 is 0 Å². The smallest absolute Gasteiger partial charge is 0.0646 e. The lowest BCUT2D eigenvalue weighted by Crippen LogP contribution is -2.34. The van der Waals surface area contributed by atoms with Gasteiger partial charge in [-0.2, -0.15) is 0 Å². The van der Waals surface area contributed by atoms with Crippen molar-refractivity contribution >= 4 is 10.0 Å². The number of rotatable bonds is 5. The highest BCUT2D eigenvalue weighted by Crippen LogP contribution is 2.59. The summed E-state index contributed by atoms with van der Waals surface area (Å²) < 4.78 is 6.37. The molecule has 0 spiro atoms. The van der Waals surface area contributed by atoms with E-state index in [9.17, 15) is 0 Å². The van der Waals surface area contributed by atoms with Crippen LogP contribution < -0.4 is 0 Å². The monoisotopic (exact) mass is 334 g/mol. The Kier molecular flexibility index (Phi) is 6.09. The quantitative estimate of drug-likeness (QED) is 0.468. The average molecular weight is 335 g/mol. The van der Waals surface area contributed by atoms with Gasteiger partial charge in [-0.1, -0.05) is 43.7 Å². The molecule has 0 N–H and O–H groups in total. The molecule has 1 nitrogen and oxygen atoms in total. The van der Waals surface area contributed by atoms with Gasteiger partial charge in [0.15, 0.2) is 0 Å². The van der Waals surface area contributed by atoms with Gasteiger partial charge >= 0.3 is 0 Å². The van der Waals surface area contributed by atoms with Gasteiger partial charge < -0.3 is 4.74 Å². The van der Waals surface area contributed by atoms with Crippen LogP contribution in [0.5, 0.6) is 0 Å². The van der Waals surface area contributed by atoms with Crippen molar-refractivity contribution in [1.82, 2.24) is 0 Å². The third-order valence-corrected chi connectivity index (χ3v) is 9.96. The van der Waals surface area contributed by atoms with Crippen LogP contribution in [0.25, 0.3) is 0 Å². The molecule has 23 heavy (non-hydrogen) atoms. The van der Waals surface area contributed by atoms with Crippen LogP contribution in [-0.2, 0) is 4.74 Å². The van der Waals surface area contributed by atoms with Crippen LogP contribution in [-0.4, -0.2) is 35.7 Å². The fourth-order valence-electron chi connectivity index (χ4n) is 4.45. The Bertz CT molecular complexity index is 470. The molecule has 0 aromatic heterocycles. The molecule has 3 atom stereocenters. The van der Waals surface area contributed by atoms with E-state index in [1.165, 1.54) is 56.5 Å². The van der Waals surface area contributed by atoms with Gasteiger partial charge in [-0.3, -0.25) is 0 Å². The third-order valence-electron chi connectivity index (χ3n) is 5.86. The maximum absolute atomic E-state index is 6.37. The molecule has 3 unspecified atom stereocenters. The van der Waals surface area contributed by atoms with Gasteiger partial charge in [0, 0.05) is 17.8 Å². The molecule has 130 valence electrons. The summed E-state index contributed by atoms with van der Waals surface area (Å²) in [5, 5.41) is 0.706. The summed E-state index contributed by atoms with van der Waals surface area (Å²) in [6, 6.07) is 0. The topological polar surface area (TPSA) is 9.23 Å². The highest BCUT2D eigenvalue weighted by molar-refractivity contribution is 8.34. The minimum absolute atomic E-state index is 0.426. The van der Waals surface area contributed by atoms with Gasteiger partial charge in [0.2, 0.25) is 0 Å². The number of hydrogen-bond acceptors (Lipinski definition) is 1. The summed E-state index contributed by atoms with van der Waals surface area (Å²) in [5.74, 6) is 3.56. The van der Waals surface area contributed by atoms with Crippen LogP contribution in [0.3, 0.4) is 0 Å². The first-order valence-corrected chi connectivity index (χ1v) is 12.1. The lowest BCUT2D eigenvalue weighted by Gasteiger charge is -2.44. The van der Waals surface area contributed by atoms with Crippen molar-refractivity contribution in [3.8, 4) is 0 Å². The van der Waals surface area contributed by atoms with Crippen LogP contribution in [0.4, 0.5) is 0 Å². The molecule has 0 aromatic rings. The highest BCUT2D eigenvalue weighted by Gasteiger charge is 2.38. The van der Waals surface area contributed by atoms with Crippen molar-refractivity contribution in [2.24, 2.45) is 5.92 Å². The molecule has 1 heterocycles. The Labute approximate surface area is 144 Å². The summed E-state index contributed by atoms with van der Waals surface area (Å²) in [7, 11) is -0.509. The minimum Gasteiger partial charge on any atom is -0.378 e. The van der Waals surface area contributed by atoms with Crippen LogP contribution in [0.2, 0.25) is 0 Å². The molecule has 0 aromatic carbocycles. The Balaban J connectivity index is 1.83. The van der Waals surface area contributed by atoms with Gasteiger partial charge in [0.1, 0.15) is 0 Å². The second kappa shape index (κ2) is 8.07. The Hall–Kier alpha value is -0.470. The van der Waals surface area contributed by atoms with E-state index in [-0.39, 0.29) is 0 Å². The summed E-state index contributed by atoms with van der Waals surface area (Å²) in [4.78, 5) is 0. The van der Waals surface area contributed by atoms with Gasteiger partial charge in [0.25, 0.3) is 0 Å². The SMILES string of the molecule is CCCCOC1CCC=CC(S2(C)CCCC2)C2=CC=CCC21. The largest absolute Gasteiger partial charge is 0.378 e. The zero-order chi connectivity index (χ0) is 16.1. The summed E-state index contributed by atoms with van der Waals surface area (Å²) in [6.07, 6.45) is 24.1.